The van der Waals surface area contributed by atoms with Crippen molar-refractivity contribution in [3.63, 3.8) is 0 Å². The number of likely N-dealkylation sites (tertiary alicyclic amines) is 1. The molecule has 0 radical (unpaired) electrons. The van der Waals surface area contributed by atoms with Gasteiger partial charge in [-0.3, -0.25) is 4.79 Å². The number of H-pyrrole nitrogens is 1. The lowest BCUT2D eigenvalue weighted by molar-refractivity contribution is 0.0722. The summed E-state index contributed by atoms with van der Waals surface area (Å²) in [5.41, 5.74) is 0.401. The number of carbonyl (C=O) groups excluding carboxylic acids is 1. The summed E-state index contributed by atoms with van der Waals surface area (Å²) in [7, 11) is 0. The second-order valence-corrected chi connectivity index (χ2v) is 4.62. The molecule has 1 aromatic heterocycles. The van der Waals surface area contributed by atoms with E-state index in [9.17, 15) is 4.79 Å². The lowest BCUT2D eigenvalue weighted by atomic mass is 10.1. The first-order chi connectivity index (χ1) is 6.77. The molecular formula is C8H11BrN4O. The number of nitrogens with one attached hydrogen (secondary N) is 1. The van der Waals surface area contributed by atoms with Crippen molar-refractivity contribution >= 4 is 21.8 Å². The highest BCUT2D eigenvalue weighted by molar-refractivity contribution is 9.09. The number of hydrogen-bond acceptors (Lipinski definition) is 3. The van der Waals surface area contributed by atoms with Gasteiger partial charge in [0.05, 0.1) is 6.20 Å². The molecular weight excluding hydrogens is 248 g/mol. The van der Waals surface area contributed by atoms with Crippen molar-refractivity contribution in [2.75, 3.05) is 13.1 Å². The summed E-state index contributed by atoms with van der Waals surface area (Å²) in [6.45, 7) is 1.59. The number of piperidine rings is 1. The third-order valence-electron chi connectivity index (χ3n) is 2.35. The van der Waals surface area contributed by atoms with E-state index >= 15 is 0 Å². The second kappa shape index (κ2) is 4.08. The molecule has 6 heteroatoms. The average molecular weight is 259 g/mol. The molecule has 1 saturated heterocycles. The van der Waals surface area contributed by atoms with Crippen LogP contribution in [0.1, 0.15) is 23.3 Å². The van der Waals surface area contributed by atoms with Crippen LogP contribution in [0.5, 0.6) is 0 Å². The number of nitrogens with zero attached hydrogens (tertiary/aromatic N) is 3. The van der Waals surface area contributed by atoms with Gasteiger partial charge in [0.15, 0.2) is 5.69 Å². The fourth-order valence-corrected chi connectivity index (χ4v) is 1.93. The van der Waals surface area contributed by atoms with Crippen LogP contribution in [0.4, 0.5) is 0 Å². The van der Waals surface area contributed by atoms with E-state index in [1.807, 2.05) is 4.90 Å². The molecule has 1 aromatic rings. The number of carbonyl (C=O) groups is 1. The fraction of sp³-hybridized carbons (Fsp3) is 0.625. The Balaban J connectivity index is 1.99. The summed E-state index contributed by atoms with van der Waals surface area (Å²) in [4.78, 5) is 14.1. The third-order valence-corrected chi connectivity index (χ3v) is 3.26. The van der Waals surface area contributed by atoms with Crippen LogP contribution in [0.15, 0.2) is 6.20 Å². The van der Waals surface area contributed by atoms with Gasteiger partial charge in [0.25, 0.3) is 5.91 Å². The molecule has 1 amide bonds. The van der Waals surface area contributed by atoms with Crippen LogP contribution in [0, 0.1) is 0 Å². The topological polar surface area (TPSA) is 61.9 Å². The minimum Gasteiger partial charge on any atom is -0.337 e. The van der Waals surface area contributed by atoms with Crippen molar-refractivity contribution in [2.24, 2.45) is 0 Å². The van der Waals surface area contributed by atoms with Gasteiger partial charge in [0.2, 0.25) is 0 Å². The molecule has 76 valence electrons. The van der Waals surface area contributed by atoms with Gasteiger partial charge < -0.3 is 4.90 Å². The maximum absolute atomic E-state index is 11.8. The molecule has 0 spiro atoms. The standard InChI is InChI=1S/C8H11BrN4O/c9-6-1-3-13(4-2-6)8(14)7-5-10-12-11-7/h5-6H,1-4H2,(H,10,11,12). The van der Waals surface area contributed by atoms with Gasteiger partial charge in [-0.15, -0.1) is 0 Å². The van der Waals surface area contributed by atoms with Crippen molar-refractivity contribution in [2.45, 2.75) is 17.7 Å². The first-order valence-corrected chi connectivity index (χ1v) is 5.48. The Morgan fingerprint density at radius 2 is 2.29 bits per heavy atom. The lowest BCUT2D eigenvalue weighted by Gasteiger charge is -2.28. The maximum atomic E-state index is 11.8. The van der Waals surface area contributed by atoms with Gasteiger partial charge in [-0.05, 0) is 12.8 Å². The van der Waals surface area contributed by atoms with Crippen molar-refractivity contribution in [3.8, 4) is 0 Å². The van der Waals surface area contributed by atoms with Gasteiger partial charge in [0.1, 0.15) is 0 Å². The van der Waals surface area contributed by atoms with Crippen LogP contribution < -0.4 is 0 Å². The Morgan fingerprint density at radius 1 is 1.57 bits per heavy atom. The Kier molecular flexibility index (Phi) is 2.81. The van der Waals surface area contributed by atoms with Gasteiger partial charge in [-0.2, -0.15) is 15.4 Å². The number of hydrogen-bond donors (Lipinski definition) is 1. The van der Waals surface area contributed by atoms with Crippen LogP contribution in [0.2, 0.25) is 0 Å². The highest BCUT2D eigenvalue weighted by Crippen LogP contribution is 2.18. The maximum Gasteiger partial charge on any atom is 0.276 e. The van der Waals surface area contributed by atoms with E-state index in [1.54, 1.807) is 0 Å². The largest absolute Gasteiger partial charge is 0.337 e. The number of alkyl halides is 1. The van der Waals surface area contributed by atoms with E-state index in [2.05, 4.69) is 31.3 Å². The molecule has 5 nitrogen and oxygen atoms in total. The minimum absolute atomic E-state index is 0.0295. The van der Waals surface area contributed by atoms with Crippen molar-refractivity contribution in [3.05, 3.63) is 11.9 Å². The zero-order valence-electron chi connectivity index (χ0n) is 7.61. The molecule has 1 aliphatic rings. The monoisotopic (exact) mass is 258 g/mol. The predicted molar refractivity (Wildman–Crippen MR) is 54.2 cm³/mol. The fourth-order valence-electron chi connectivity index (χ4n) is 1.52. The number of halogens is 1. The molecule has 1 aliphatic heterocycles. The van der Waals surface area contributed by atoms with E-state index in [0.29, 0.717) is 10.5 Å². The van der Waals surface area contributed by atoms with E-state index in [-0.39, 0.29) is 5.91 Å². The molecule has 0 saturated carbocycles. The average Bonchev–Trinajstić information content (AvgIpc) is 2.71. The zero-order chi connectivity index (χ0) is 9.97. The minimum atomic E-state index is -0.0295. The van der Waals surface area contributed by atoms with Crippen molar-refractivity contribution in [1.82, 2.24) is 20.3 Å². The van der Waals surface area contributed by atoms with Crippen molar-refractivity contribution < 1.29 is 4.79 Å². The first-order valence-electron chi connectivity index (χ1n) is 4.56. The van der Waals surface area contributed by atoms with Gasteiger partial charge in [0, 0.05) is 17.9 Å². The van der Waals surface area contributed by atoms with Crippen LogP contribution >= 0.6 is 15.9 Å². The number of amides is 1. The zero-order valence-corrected chi connectivity index (χ0v) is 9.20. The summed E-state index contributed by atoms with van der Waals surface area (Å²) in [6, 6.07) is 0. The molecule has 0 atom stereocenters. The second-order valence-electron chi connectivity index (χ2n) is 3.32. The van der Waals surface area contributed by atoms with E-state index < -0.39 is 0 Å². The normalized spacial score (nSPS) is 18.5. The van der Waals surface area contributed by atoms with E-state index in [1.165, 1.54) is 6.20 Å². The Hall–Kier alpha value is -0.910. The predicted octanol–water partition coefficient (Wildman–Crippen LogP) is 0.804. The molecule has 1 fully saturated rings. The molecule has 2 heterocycles. The summed E-state index contributed by atoms with van der Waals surface area (Å²) < 4.78 is 0. The Labute approximate surface area is 90.0 Å². The smallest absolute Gasteiger partial charge is 0.276 e. The highest BCUT2D eigenvalue weighted by atomic mass is 79.9. The summed E-state index contributed by atoms with van der Waals surface area (Å²) >= 11 is 3.54. The number of aromatic nitrogens is 3. The van der Waals surface area contributed by atoms with Crippen molar-refractivity contribution in [1.29, 1.82) is 0 Å². The number of rotatable bonds is 1. The van der Waals surface area contributed by atoms with Crippen LogP contribution in [-0.4, -0.2) is 44.1 Å². The van der Waals surface area contributed by atoms with E-state index in [4.69, 9.17) is 0 Å². The lowest BCUT2D eigenvalue weighted by Crippen LogP contribution is -2.38. The molecule has 0 aromatic carbocycles. The number of aromatic amines is 1. The Bertz CT molecular complexity index is 305. The molecule has 0 bridgehead atoms. The molecule has 1 N–H and O–H groups in total. The van der Waals surface area contributed by atoms with Crippen LogP contribution in [0.25, 0.3) is 0 Å². The van der Waals surface area contributed by atoms with Gasteiger partial charge in [-0.1, -0.05) is 15.9 Å². The van der Waals surface area contributed by atoms with Gasteiger partial charge >= 0.3 is 0 Å². The van der Waals surface area contributed by atoms with E-state index in [0.717, 1.165) is 25.9 Å². The summed E-state index contributed by atoms with van der Waals surface area (Å²) in [5, 5.41) is 9.83. The molecule has 2 rings (SSSR count). The van der Waals surface area contributed by atoms with Crippen LogP contribution in [0.3, 0.4) is 0 Å². The molecule has 14 heavy (non-hydrogen) atoms. The third kappa shape index (κ3) is 1.95. The SMILES string of the molecule is O=C(c1cn[nH]n1)N1CCC(Br)CC1. The first kappa shape index (κ1) is 9.64. The molecule has 0 unspecified atom stereocenters. The Morgan fingerprint density at radius 3 is 2.86 bits per heavy atom. The molecule has 0 aliphatic carbocycles. The summed E-state index contributed by atoms with van der Waals surface area (Å²) in [5.74, 6) is -0.0295. The highest BCUT2D eigenvalue weighted by Gasteiger charge is 2.23. The summed E-state index contributed by atoms with van der Waals surface area (Å²) in [6.07, 6.45) is 3.47. The van der Waals surface area contributed by atoms with Gasteiger partial charge in [-0.25, -0.2) is 0 Å². The van der Waals surface area contributed by atoms with Crippen LogP contribution in [-0.2, 0) is 0 Å². The quantitative estimate of drug-likeness (QED) is 0.759.